The van der Waals surface area contributed by atoms with Gasteiger partial charge in [0.05, 0.1) is 0 Å². The topological polar surface area (TPSA) is 78.9 Å². The maximum atomic E-state index is 12.7. The monoisotopic (exact) mass is 793 g/mol. The first-order valence-corrected chi connectivity index (χ1v) is 24.7. The van der Waals surface area contributed by atoms with Gasteiger partial charge in [0, 0.05) is 19.3 Å². The summed E-state index contributed by atoms with van der Waals surface area (Å²) in [5.41, 5.74) is 0. The van der Waals surface area contributed by atoms with E-state index in [1.165, 1.54) is 161 Å². The molecule has 0 aromatic heterocycles. The number of unbranched alkanes of at least 4 members (excludes halogenated alkanes) is 29. The molecule has 0 fully saturated rings. The molecule has 6 nitrogen and oxygen atoms in total. The molecule has 6 heteroatoms. The Balaban J connectivity index is 4.27. The van der Waals surface area contributed by atoms with Gasteiger partial charge >= 0.3 is 17.9 Å². The summed E-state index contributed by atoms with van der Waals surface area (Å²) in [6.45, 7) is 11.3. The van der Waals surface area contributed by atoms with Gasteiger partial charge in [0.1, 0.15) is 13.2 Å². The van der Waals surface area contributed by atoms with Crippen molar-refractivity contribution >= 4 is 17.9 Å². The summed E-state index contributed by atoms with van der Waals surface area (Å²) in [5.74, 6) is 0.802. The van der Waals surface area contributed by atoms with Gasteiger partial charge < -0.3 is 14.2 Å². The van der Waals surface area contributed by atoms with Gasteiger partial charge in [-0.3, -0.25) is 14.4 Å². The van der Waals surface area contributed by atoms with Gasteiger partial charge in [-0.1, -0.05) is 234 Å². The van der Waals surface area contributed by atoms with Crippen LogP contribution in [0.5, 0.6) is 0 Å². The van der Waals surface area contributed by atoms with Crippen molar-refractivity contribution in [2.75, 3.05) is 13.2 Å². The molecule has 0 aliphatic rings. The van der Waals surface area contributed by atoms with Crippen LogP contribution in [0.4, 0.5) is 0 Å². The van der Waals surface area contributed by atoms with E-state index in [0.717, 1.165) is 69.6 Å². The molecular weight excluding hydrogens is 697 g/mol. The zero-order chi connectivity index (χ0) is 41.2. The smallest absolute Gasteiger partial charge is 0.306 e. The van der Waals surface area contributed by atoms with Gasteiger partial charge in [0.25, 0.3) is 0 Å². The molecule has 0 aliphatic heterocycles. The maximum Gasteiger partial charge on any atom is 0.306 e. The Bertz CT molecular complexity index is 854. The molecule has 0 amide bonds. The lowest BCUT2D eigenvalue weighted by Crippen LogP contribution is -2.30. The van der Waals surface area contributed by atoms with Crippen LogP contribution in [-0.4, -0.2) is 37.2 Å². The number of rotatable bonds is 44. The summed E-state index contributed by atoms with van der Waals surface area (Å²) in [7, 11) is 0. The predicted molar refractivity (Wildman–Crippen MR) is 238 cm³/mol. The molecule has 0 rings (SSSR count). The van der Waals surface area contributed by atoms with Crippen molar-refractivity contribution in [3.63, 3.8) is 0 Å². The number of ether oxygens (including phenoxy) is 3. The molecule has 0 heterocycles. The van der Waals surface area contributed by atoms with Crippen molar-refractivity contribution in [3.8, 4) is 0 Å². The Morgan fingerprint density at radius 2 is 0.589 bits per heavy atom. The summed E-state index contributed by atoms with van der Waals surface area (Å²) in [6.07, 6.45) is 42.3. The third-order valence-corrected chi connectivity index (χ3v) is 11.2. The van der Waals surface area contributed by atoms with Crippen LogP contribution in [0, 0.1) is 11.8 Å². The fourth-order valence-corrected chi connectivity index (χ4v) is 7.46. The van der Waals surface area contributed by atoms with Crippen LogP contribution in [-0.2, 0) is 28.6 Å². The number of esters is 3. The first-order chi connectivity index (χ1) is 27.2. The van der Waals surface area contributed by atoms with E-state index in [-0.39, 0.29) is 31.1 Å². The fourth-order valence-electron chi connectivity index (χ4n) is 7.46. The normalized spacial score (nSPS) is 12.1. The lowest BCUT2D eigenvalue weighted by Gasteiger charge is -2.18. The molecule has 0 aliphatic carbocycles. The van der Waals surface area contributed by atoms with Gasteiger partial charge in [0.15, 0.2) is 6.10 Å². The summed E-state index contributed by atoms with van der Waals surface area (Å²) in [4.78, 5) is 37.8. The molecule has 0 radical (unpaired) electrons. The van der Waals surface area contributed by atoms with Crippen LogP contribution in [0.2, 0.25) is 0 Å². The third kappa shape index (κ3) is 43.5. The van der Waals surface area contributed by atoms with Gasteiger partial charge in [0.2, 0.25) is 0 Å². The van der Waals surface area contributed by atoms with E-state index in [9.17, 15) is 14.4 Å². The van der Waals surface area contributed by atoms with Crippen molar-refractivity contribution in [2.24, 2.45) is 11.8 Å². The third-order valence-electron chi connectivity index (χ3n) is 11.2. The molecule has 0 N–H and O–H groups in total. The van der Waals surface area contributed by atoms with Crippen LogP contribution < -0.4 is 0 Å². The molecule has 56 heavy (non-hydrogen) atoms. The number of carbonyl (C=O) groups is 3. The molecule has 0 saturated carbocycles. The standard InChI is InChI=1S/C50H96O6/c1-6-7-8-9-10-18-25-30-35-40-48(51)54-43-47(56-50(53)42-37-32-27-22-17-16-20-24-29-34-39-46(4)5)44-55-49(52)41-36-31-26-21-15-13-11-12-14-19-23-28-33-38-45(2)3/h45-47H,6-44H2,1-5H3/t47-/m1/s1. The van der Waals surface area contributed by atoms with Gasteiger partial charge in [-0.15, -0.1) is 0 Å². The Hall–Kier alpha value is -1.59. The Morgan fingerprint density at radius 1 is 0.339 bits per heavy atom. The lowest BCUT2D eigenvalue weighted by atomic mass is 10.0. The molecule has 0 unspecified atom stereocenters. The second-order valence-electron chi connectivity index (χ2n) is 18.1. The Morgan fingerprint density at radius 3 is 0.875 bits per heavy atom. The van der Waals surface area contributed by atoms with E-state index < -0.39 is 6.10 Å². The van der Waals surface area contributed by atoms with Crippen molar-refractivity contribution in [1.82, 2.24) is 0 Å². The molecule has 0 bridgehead atoms. The minimum Gasteiger partial charge on any atom is -0.462 e. The molecule has 0 saturated heterocycles. The molecular formula is C50H96O6. The summed E-state index contributed by atoms with van der Waals surface area (Å²) in [5, 5.41) is 0. The SMILES string of the molecule is CCCCCCCCCCCC(=O)OC[C@H](COC(=O)CCCCCCCCCCCCCCCC(C)C)OC(=O)CCCCCCCCCCCCC(C)C. The van der Waals surface area contributed by atoms with E-state index in [1.807, 2.05) is 0 Å². The summed E-state index contributed by atoms with van der Waals surface area (Å²) < 4.78 is 16.7. The minimum atomic E-state index is -0.760. The zero-order valence-electron chi connectivity index (χ0n) is 38.3. The summed E-state index contributed by atoms with van der Waals surface area (Å²) in [6, 6.07) is 0. The largest absolute Gasteiger partial charge is 0.462 e. The van der Waals surface area contributed by atoms with Crippen LogP contribution in [0.3, 0.4) is 0 Å². The number of hydrogen-bond donors (Lipinski definition) is 0. The first-order valence-electron chi connectivity index (χ1n) is 24.7. The van der Waals surface area contributed by atoms with Crippen molar-refractivity contribution in [2.45, 2.75) is 278 Å². The van der Waals surface area contributed by atoms with E-state index in [0.29, 0.717) is 19.3 Å². The van der Waals surface area contributed by atoms with Crippen LogP contribution in [0.25, 0.3) is 0 Å². The van der Waals surface area contributed by atoms with Crippen molar-refractivity contribution < 1.29 is 28.6 Å². The van der Waals surface area contributed by atoms with Crippen molar-refractivity contribution in [1.29, 1.82) is 0 Å². The highest BCUT2D eigenvalue weighted by Gasteiger charge is 2.19. The zero-order valence-corrected chi connectivity index (χ0v) is 38.3. The minimum absolute atomic E-state index is 0.0642. The second kappa shape index (κ2) is 43.0. The number of hydrogen-bond acceptors (Lipinski definition) is 6. The molecule has 0 aromatic rings. The average Bonchev–Trinajstić information content (AvgIpc) is 3.16. The Labute approximate surface area is 348 Å². The summed E-state index contributed by atoms with van der Waals surface area (Å²) >= 11 is 0. The van der Waals surface area contributed by atoms with Crippen LogP contribution in [0.15, 0.2) is 0 Å². The predicted octanol–water partition coefficient (Wildman–Crippen LogP) is 15.8. The average molecular weight is 793 g/mol. The van der Waals surface area contributed by atoms with Crippen LogP contribution >= 0.6 is 0 Å². The Kier molecular flexibility index (Phi) is 41.8. The fraction of sp³-hybridized carbons (Fsp3) is 0.940. The molecule has 332 valence electrons. The molecule has 1 atom stereocenters. The van der Waals surface area contributed by atoms with Gasteiger partial charge in [-0.25, -0.2) is 0 Å². The van der Waals surface area contributed by atoms with E-state index in [4.69, 9.17) is 14.2 Å². The maximum absolute atomic E-state index is 12.7. The highest BCUT2D eigenvalue weighted by atomic mass is 16.6. The first kappa shape index (κ1) is 54.4. The highest BCUT2D eigenvalue weighted by Crippen LogP contribution is 2.17. The molecule has 0 aromatic carbocycles. The van der Waals surface area contributed by atoms with E-state index in [1.54, 1.807) is 0 Å². The van der Waals surface area contributed by atoms with Gasteiger partial charge in [-0.2, -0.15) is 0 Å². The van der Waals surface area contributed by atoms with E-state index >= 15 is 0 Å². The lowest BCUT2D eigenvalue weighted by molar-refractivity contribution is -0.167. The van der Waals surface area contributed by atoms with Gasteiger partial charge in [-0.05, 0) is 31.1 Å². The highest BCUT2D eigenvalue weighted by molar-refractivity contribution is 5.71. The molecule has 0 spiro atoms. The quantitative estimate of drug-likeness (QED) is 0.0347. The van der Waals surface area contributed by atoms with Crippen LogP contribution in [0.1, 0.15) is 272 Å². The van der Waals surface area contributed by atoms with Crippen molar-refractivity contribution in [3.05, 3.63) is 0 Å². The van der Waals surface area contributed by atoms with E-state index in [2.05, 4.69) is 34.6 Å². The number of carbonyl (C=O) groups excluding carboxylic acids is 3. The second-order valence-corrected chi connectivity index (χ2v) is 18.1.